The van der Waals surface area contributed by atoms with Gasteiger partial charge in [-0.25, -0.2) is 0 Å². The SMILES string of the molecule is Cc1ccc(CN(C)C(=O)COc2ccc(I)cc2)cc1. The first-order chi connectivity index (χ1) is 10.0. The number of halogens is 1. The van der Waals surface area contributed by atoms with Crippen LogP contribution in [0.5, 0.6) is 5.75 Å². The number of hydrogen-bond acceptors (Lipinski definition) is 2. The fourth-order valence-corrected chi connectivity index (χ4v) is 2.20. The Morgan fingerprint density at radius 1 is 1.10 bits per heavy atom. The smallest absolute Gasteiger partial charge is 0.260 e. The number of amides is 1. The van der Waals surface area contributed by atoms with Gasteiger partial charge in [-0.15, -0.1) is 0 Å². The number of aryl methyl sites for hydroxylation is 1. The Kier molecular flexibility index (Phi) is 5.61. The van der Waals surface area contributed by atoms with Crippen LogP contribution in [-0.4, -0.2) is 24.5 Å². The van der Waals surface area contributed by atoms with Crippen LogP contribution in [0.3, 0.4) is 0 Å². The van der Waals surface area contributed by atoms with Crippen LogP contribution in [0.25, 0.3) is 0 Å². The molecule has 4 heteroatoms. The number of benzene rings is 2. The summed E-state index contributed by atoms with van der Waals surface area (Å²) in [4.78, 5) is 13.7. The molecule has 21 heavy (non-hydrogen) atoms. The second-order valence-electron chi connectivity index (χ2n) is 4.98. The van der Waals surface area contributed by atoms with Crippen molar-refractivity contribution in [1.29, 1.82) is 0 Å². The van der Waals surface area contributed by atoms with Crippen LogP contribution >= 0.6 is 22.6 Å². The molecule has 0 aliphatic rings. The van der Waals surface area contributed by atoms with E-state index >= 15 is 0 Å². The van der Waals surface area contributed by atoms with Crippen molar-refractivity contribution in [3.8, 4) is 5.75 Å². The fraction of sp³-hybridized carbons (Fsp3) is 0.235. The van der Waals surface area contributed by atoms with Crippen molar-refractivity contribution < 1.29 is 9.53 Å². The zero-order valence-corrected chi connectivity index (χ0v) is 14.3. The molecule has 0 radical (unpaired) electrons. The highest BCUT2D eigenvalue weighted by Crippen LogP contribution is 2.13. The summed E-state index contributed by atoms with van der Waals surface area (Å²) in [6.07, 6.45) is 0. The van der Waals surface area contributed by atoms with Gasteiger partial charge in [-0.3, -0.25) is 4.79 Å². The highest BCUT2D eigenvalue weighted by molar-refractivity contribution is 14.1. The number of carbonyl (C=O) groups is 1. The van der Waals surface area contributed by atoms with Crippen LogP contribution < -0.4 is 4.74 Å². The van der Waals surface area contributed by atoms with Crippen LogP contribution in [0.4, 0.5) is 0 Å². The summed E-state index contributed by atoms with van der Waals surface area (Å²) in [7, 11) is 1.79. The first kappa shape index (κ1) is 15.8. The molecule has 2 aromatic carbocycles. The van der Waals surface area contributed by atoms with Crippen molar-refractivity contribution in [2.75, 3.05) is 13.7 Å². The standard InChI is InChI=1S/C17H18INO2/c1-13-3-5-14(6-4-13)11-19(2)17(20)12-21-16-9-7-15(18)8-10-16/h3-10H,11-12H2,1-2H3. The maximum absolute atomic E-state index is 12.1. The molecule has 0 aliphatic heterocycles. The van der Waals surface area contributed by atoms with Crippen LogP contribution in [0.2, 0.25) is 0 Å². The number of hydrogen-bond donors (Lipinski definition) is 0. The normalized spacial score (nSPS) is 10.2. The third kappa shape index (κ3) is 5.04. The predicted molar refractivity (Wildman–Crippen MR) is 92.3 cm³/mol. The topological polar surface area (TPSA) is 29.5 Å². The Morgan fingerprint density at radius 3 is 2.33 bits per heavy atom. The summed E-state index contributed by atoms with van der Waals surface area (Å²) >= 11 is 2.23. The van der Waals surface area contributed by atoms with Crippen molar-refractivity contribution in [1.82, 2.24) is 4.90 Å². The highest BCUT2D eigenvalue weighted by Gasteiger charge is 2.10. The molecule has 0 heterocycles. The van der Waals surface area contributed by atoms with E-state index in [0.29, 0.717) is 12.3 Å². The molecule has 0 N–H and O–H groups in total. The van der Waals surface area contributed by atoms with Gasteiger partial charge in [0.25, 0.3) is 5.91 Å². The van der Waals surface area contributed by atoms with E-state index in [1.807, 2.05) is 43.3 Å². The van der Waals surface area contributed by atoms with Crippen molar-refractivity contribution in [2.24, 2.45) is 0 Å². The Hall–Kier alpha value is -1.56. The van der Waals surface area contributed by atoms with Crippen LogP contribution in [0, 0.1) is 10.5 Å². The molecule has 3 nitrogen and oxygen atoms in total. The Labute approximate surface area is 139 Å². The summed E-state index contributed by atoms with van der Waals surface area (Å²) < 4.78 is 6.65. The highest BCUT2D eigenvalue weighted by atomic mass is 127. The lowest BCUT2D eigenvalue weighted by Gasteiger charge is -2.17. The molecule has 0 spiro atoms. The van der Waals surface area contributed by atoms with E-state index in [9.17, 15) is 4.79 Å². The molecule has 0 saturated carbocycles. The van der Waals surface area contributed by atoms with E-state index in [0.717, 1.165) is 9.13 Å². The molecule has 0 fully saturated rings. The molecule has 2 aromatic rings. The lowest BCUT2D eigenvalue weighted by Crippen LogP contribution is -2.30. The minimum Gasteiger partial charge on any atom is -0.484 e. The summed E-state index contributed by atoms with van der Waals surface area (Å²) in [6, 6.07) is 15.8. The first-order valence-corrected chi connectivity index (χ1v) is 7.80. The molecule has 0 aromatic heterocycles. The van der Waals surface area contributed by atoms with E-state index in [4.69, 9.17) is 4.74 Å². The van der Waals surface area contributed by atoms with E-state index in [1.54, 1.807) is 11.9 Å². The zero-order valence-electron chi connectivity index (χ0n) is 12.2. The Balaban J connectivity index is 1.84. The van der Waals surface area contributed by atoms with Gasteiger partial charge in [0.15, 0.2) is 6.61 Å². The molecule has 0 saturated heterocycles. The van der Waals surface area contributed by atoms with Gasteiger partial charge in [-0.05, 0) is 59.3 Å². The molecule has 0 aliphatic carbocycles. The third-order valence-corrected chi connectivity index (χ3v) is 3.86. The minimum atomic E-state index is -0.0332. The van der Waals surface area contributed by atoms with Gasteiger partial charge in [0.05, 0.1) is 0 Å². The quantitative estimate of drug-likeness (QED) is 0.724. The number of rotatable bonds is 5. The van der Waals surface area contributed by atoms with Gasteiger partial charge in [-0.1, -0.05) is 29.8 Å². The number of nitrogens with zero attached hydrogens (tertiary/aromatic N) is 1. The number of ether oxygens (including phenoxy) is 1. The van der Waals surface area contributed by atoms with Gasteiger partial charge in [0.2, 0.25) is 0 Å². The zero-order chi connectivity index (χ0) is 15.2. The second-order valence-corrected chi connectivity index (χ2v) is 6.22. The maximum atomic E-state index is 12.1. The molecular weight excluding hydrogens is 377 g/mol. The van der Waals surface area contributed by atoms with Gasteiger partial charge in [-0.2, -0.15) is 0 Å². The third-order valence-electron chi connectivity index (χ3n) is 3.14. The van der Waals surface area contributed by atoms with E-state index < -0.39 is 0 Å². The lowest BCUT2D eigenvalue weighted by atomic mass is 10.1. The second kappa shape index (κ2) is 7.45. The van der Waals surface area contributed by atoms with E-state index in [2.05, 4.69) is 34.7 Å². The van der Waals surface area contributed by atoms with Gasteiger partial charge >= 0.3 is 0 Å². The fourth-order valence-electron chi connectivity index (χ4n) is 1.84. The summed E-state index contributed by atoms with van der Waals surface area (Å²) in [5.74, 6) is 0.682. The molecule has 2 rings (SSSR count). The number of carbonyl (C=O) groups excluding carboxylic acids is 1. The van der Waals surface area contributed by atoms with E-state index in [1.165, 1.54) is 5.56 Å². The summed E-state index contributed by atoms with van der Waals surface area (Å²) in [6.45, 7) is 2.70. The van der Waals surface area contributed by atoms with Gasteiger partial charge in [0, 0.05) is 17.2 Å². The lowest BCUT2D eigenvalue weighted by molar-refractivity contribution is -0.132. The monoisotopic (exact) mass is 395 g/mol. The molecule has 1 amide bonds. The number of likely N-dealkylation sites (N-methyl/N-ethyl adjacent to an activating group) is 1. The summed E-state index contributed by atoms with van der Waals surface area (Å²) in [5, 5.41) is 0. The Bertz CT molecular complexity index is 593. The molecule has 0 atom stereocenters. The van der Waals surface area contributed by atoms with Crippen LogP contribution in [0.15, 0.2) is 48.5 Å². The molecule has 110 valence electrons. The van der Waals surface area contributed by atoms with Crippen molar-refractivity contribution in [3.63, 3.8) is 0 Å². The molecule has 0 bridgehead atoms. The average Bonchev–Trinajstić information content (AvgIpc) is 2.48. The van der Waals surface area contributed by atoms with Crippen molar-refractivity contribution in [2.45, 2.75) is 13.5 Å². The summed E-state index contributed by atoms with van der Waals surface area (Å²) in [5.41, 5.74) is 2.33. The van der Waals surface area contributed by atoms with Gasteiger partial charge in [0.1, 0.15) is 5.75 Å². The first-order valence-electron chi connectivity index (χ1n) is 6.72. The maximum Gasteiger partial charge on any atom is 0.260 e. The molecule has 0 unspecified atom stereocenters. The van der Waals surface area contributed by atoms with Crippen LogP contribution in [0.1, 0.15) is 11.1 Å². The van der Waals surface area contributed by atoms with E-state index in [-0.39, 0.29) is 12.5 Å². The van der Waals surface area contributed by atoms with Crippen molar-refractivity contribution >= 4 is 28.5 Å². The Morgan fingerprint density at radius 2 is 1.71 bits per heavy atom. The largest absolute Gasteiger partial charge is 0.484 e. The van der Waals surface area contributed by atoms with Crippen molar-refractivity contribution in [3.05, 3.63) is 63.2 Å². The van der Waals surface area contributed by atoms with Gasteiger partial charge < -0.3 is 9.64 Å². The molecular formula is C17H18INO2. The predicted octanol–water partition coefficient (Wildman–Crippen LogP) is 3.64. The average molecular weight is 395 g/mol. The van der Waals surface area contributed by atoms with Crippen LogP contribution in [-0.2, 0) is 11.3 Å². The minimum absolute atomic E-state index is 0.0332.